The molecule has 1 atom stereocenters. The molecule has 0 saturated heterocycles. The maximum absolute atomic E-state index is 13.5. The lowest BCUT2D eigenvalue weighted by Crippen LogP contribution is -2.42. The summed E-state index contributed by atoms with van der Waals surface area (Å²) in [4.78, 5) is 27.2. The molecular weight excluding hydrogens is 373 g/mol. The van der Waals surface area contributed by atoms with Crippen LogP contribution < -0.4 is 5.32 Å². The molecule has 0 aliphatic rings. The van der Waals surface area contributed by atoms with Crippen molar-refractivity contribution >= 4 is 33.7 Å². The van der Waals surface area contributed by atoms with E-state index < -0.39 is 12.0 Å². The number of amides is 1. The lowest BCUT2D eigenvalue weighted by Gasteiger charge is -2.15. The second kappa shape index (κ2) is 7.79. The fraction of sp³-hybridized carbons (Fsp3) is 0.182. The summed E-state index contributed by atoms with van der Waals surface area (Å²) in [5.74, 6) is -1.79. The number of nitrogens with zero attached hydrogens (tertiary/aromatic N) is 1. The summed E-state index contributed by atoms with van der Waals surface area (Å²) in [7, 11) is 0. The van der Waals surface area contributed by atoms with E-state index in [4.69, 9.17) is 0 Å². The van der Waals surface area contributed by atoms with E-state index in [1.165, 1.54) is 12.1 Å². The van der Waals surface area contributed by atoms with Gasteiger partial charge in [-0.25, -0.2) is 9.18 Å². The Morgan fingerprint density at radius 3 is 2.83 bits per heavy atom. The predicted molar refractivity (Wildman–Crippen MR) is 108 cm³/mol. The molecule has 0 saturated carbocycles. The first-order chi connectivity index (χ1) is 14.0. The number of rotatable bonds is 7. The van der Waals surface area contributed by atoms with Gasteiger partial charge in [0.05, 0.1) is 5.52 Å². The monoisotopic (exact) mass is 393 g/mol. The number of aryl methyl sites for hydroxylation is 1. The first-order valence-electron chi connectivity index (χ1n) is 9.33. The summed E-state index contributed by atoms with van der Waals surface area (Å²) in [5.41, 5.74) is 2.45. The molecule has 0 aliphatic heterocycles. The second-order valence-corrected chi connectivity index (χ2v) is 6.98. The van der Waals surface area contributed by atoms with Crippen molar-refractivity contribution in [3.8, 4) is 0 Å². The van der Waals surface area contributed by atoms with Crippen molar-refractivity contribution in [3.63, 3.8) is 0 Å². The zero-order valence-corrected chi connectivity index (χ0v) is 15.6. The number of carbonyl (C=O) groups is 2. The average molecular weight is 393 g/mol. The number of aliphatic carboxylic acids is 1. The van der Waals surface area contributed by atoms with Gasteiger partial charge in [0.2, 0.25) is 5.91 Å². The topological polar surface area (TPSA) is 87.1 Å². The van der Waals surface area contributed by atoms with Gasteiger partial charge in [-0.3, -0.25) is 4.79 Å². The highest BCUT2D eigenvalue weighted by atomic mass is 19.1. The molecule has 0 bridgehead atoms. The lowest BCUT2D eigenvalue weighted by atomic mass is 10.0. The van der Waals surface area contributed by atoms with E-state index in [2.05, 4.69) is 10.3 Å². The Bertz CT molecular complexity index is 1190. The molecule has 2 heterocycles. The molecule has 29 heavy (non-hydrogen) atoms. The van der Waals surface area contributed by atoms with Gasteiger partial charge in [0, 0.05) is 42.7 Å². The minimum absolute atomic E-state index is 0.0952. The van der Waals surface area contributed by atoms with Crippen molar-refractivity contribution in [2.75, 3.05) is 0 Å². The molecule has 4 rings (SSSR count). The zero-order valence-electron chi connectivity index (χ0n) is 15.6. The summed E-state index contributed by atoms with van der Waals surface area (Å²) in [6.07, 6.45) is 3.84. The van der Waals surface area contributed by atoms with E-state index in [0.717, 1.165) is 21.9 Å². The molecule has 7 heteroatoms. The molecule has 1 amide bonds. The van der Waals surface area contributed by atoms with Gasteiger partial charge in [-0.05, 0) is 41.3 Å². The van der Waals surface area contributed by atoms with Crippen LogP contribution in [-0.2, 0) is 22.6 Å². The summed E-state index contributed by atoms with van der Waals surface area (Å²) in [6.45, 7) is 0.332. The third-order valence-corrected chi connectivity index (χ3v) is 5.05. The Morgan fingerprint density at radius 2 is 2.00 bits per heavy atom. The van der Waals surface area contributed by atoms with Crippen LogP contribution >= 0.6 is 0 Å². The maximum atomic E-state index is 13.5. The molecule has 0 radical (unpaired) electrons. The number of fused-ring (bicyclic) bond motifs is 2. The number of carbonyl (C=O) groups excluding carboxylic acids is 1. The van der Waals surface area contributed by atoms with E-state index in [-0.39, 0.29) is 24.6 Å². The molecule has 2 aromatic heterocycles. The summed E-state index contributed by atoms with van der Waals surface area (Å²) in [5, 5.41) is 14.0. The fourth-order valence-electron chi connectivity index (χ4n) is 3.56. The number of hydrogen-bond donors (Lipinski definition) is 3. The Kier molecular flexibility index (Phi) is 5.03. The summed E-state index contributed by atoms with van der Waals surface area (Å²) >= 11 is 0. The first-order valence-corrected chi connectivity index (χ1v) is 9.33. The number of H-pyrrole nitrogens is 1. The fourth-order valence-corrected chi connectivity index (χ4v) is 3.56. The molecule has 1 unspecified atom stereocenters. The molecule has 0 spiro atoms. The zero-order chi connectivity index (χ0) is 20.4. The van der Waals surface area contributed by atoms with Crippen LogP contribution in [0.3, 0.4) is 0 Å². The molecular formula is C22H20FN3O3. The Labute approximate surface area is 166 Å². The van der Waals surface area contributed by atoms with Crippen LogP contribution in [0.4, 0.5) is 4.39 Å². The maximum Gasteiger partial charge on any atom is 0.326 e. The first kappa shape index (κ1) is 18.7. The minimum atomic E-state index is -1.09. The Morgan fingerprint density at radius 1 is 1.17 bits per heavy atom. The van der Waals surface area contributed by atoms with Crippen molar-refractivity contribution in [1.29, 1.82) is 0 Å². The minimum Gasteiger partial charge on any atom is -0.480 e. The quantitative estimate of drug-likeness (QED) is 0.449. The van der Waals surface area contributed by atoms with Crippen LogP contribution in [0, 0.1) is 5.82 Å². The Balaban J connectivity index is 1.42. The molecule has 6 nitrogen and oxygen atoms in total. The second-order valence-electron chi connectivity index (χ2n) is 6.98. The van der Waals surface area contributed by atoms with Gasteiger partial charge in [-0.1, -0.05) is 18.2 Å². The highest BCUT2D eigenvalue weighted by Crippen LogP contribution is 2.20. The van der Waals surface area contributed by atoms with Crippen LogP contribution in [-0.4, -0.2) is 32.6 Å². The smallest absolute Gasteiger partial charge is 0.326 e. The van der Waals surface area contributed by atoms with Gasteiger partial charge in [0.15, 0.2) is 0 Å². The molecule has 4 aromatic rings. The number of halogens is 1. The van der Waals surface area contributed by atoms with Gasteiger partial charge in [-0.15, -0.1) is 0 Å². The average Bonchev–Trinajstić information content (AvgIpc) is 3.29. The lowest BCUT2D eigenvalue weighted by molar-refractivity contribution is -0.141. The largest absolute Gasteiger partial charge is 0.480 e. The van der Waals surface area contributed by atoms with Crippen LogP contribution in [0.2, 0.25) is 0 Å². The molecule has 148 valence electrons. The van der Waals surface area contributed by atoms with Crippen molar-refractivity contribution in [3.05, 3.63) is 72.3 Å². The number of benzene rings is 2. The summed E-state index contributed by atoms with van der Waals surface area (Å²) in [6, 6.07) is 12.9. The van der Waals surface area contributed by atoms with E-state index in [1.54, 1.807) is 23.0 Å². The van der Waals surface area contributed by atoms with Crippen molar-refractivity contribution in [2.24, 2.45) is 0 Å². The van der Waals surface area contributed by atoms with Gasteiger partial charge >= 0.3 is 5.97 Å². The van der Waals surface area contributed by atoms with E-state index >= 15 is 0 Å². The number of hydrogen-bond acceptors (Lipinski definition) is 2. The van der Waals surface area contributed by atoms with E-state index in [9.17, 15) is 19.1 Å². The van der Waals surface area contributed by atoms with Crippen molar-refractivity contribution in [2.45, 2.75) is 25.4 Å². The number of para-hydroxylation sites is 1. The van der Waals surface area contributed by atoms with Crippen LogP contribution in [0.1, 0.15) is 12.0 Å². The highest BCUT2D eigenvalue weighted by molar-refractivity contribution is 5.87. The molecule has 0 fully saturated rings. The summed E-state index contributed by atoms with van der Waals surface area (Å²) < 4.78 is 15.3. The number of aromatic amines is 1. The Hall–Kier alpha value is -3.61. The normalized spacial score (nSPS) is 12.3. The van der Waals surface area contributed by atoms with Crippen LogP contribution in [0.5, 0.6) is 0 Å². The highest BCUT2D eigenvalue weighted by Gasteiger charge is 2.21. The van der Waals surface area contributed by atoms with Gasteiger partial charge < -0.3 is 20.0 Å². The SMILES string of the molecule is O=C(CCn1ccc2ccc(F)cc21)NC(Cc1c[nH]c2ccccc12)C(=O)O. The van der Waals surface area contributed by atoms with Crippen molar-refractivity contribution in [1.82, 2.24) is 14.9 Å². The molecule has 3 N–H and O–H groups in total. The van der Waals surface area contributed by atoms with Gasteiger partial charge in [-0.2, -0.15) is 0 Å². The number of nitrogens with one attached hydrogen (secondary N) is 2. The van der Waals surface area contributed by atoms with Gasteiger partial charge in [0.25, 0.3) is 0 Å². The standard InChI is InChI=1S/C22H20FN3O3/c23-16-6-5-14-7-9-26(20(14)12-16)10-8-21(27)25-19(22(28)29)11-15-13-24-18-4-2-1-3-17(15)18/h1-7,9,12-13,19,24H,8,10-11H2,(H,25,27)(H,28,29). The third kappa shape index (κ3) is 3.99. The van der Waals surface area contributed by atoms with E-state index in [1.807, 2.05) is 30.3 Å². The third-order valence-electron chi connectivity index (χ3n) is 5.05. The van der Waals surface area contributed by atoms with Crippen LogP contribution in [0.25, 0.3) is 21.8 Å². The number of carboxylic acids is 1. The van der Waals surface area contributed by atoms with Crippen LogP contribution in [0.15, 0.2) is 60.9 Å². The molecule has 0 aliphatic carbocycles. The number of aromatic nitrogens is 2. The van der Waals surface area contributed by atoms with E-state index in [0.29, 0.717) is 12.1 Å². The number of carboxylic acid groups (broad SMARTS) is 1. The predicted octanol–water partition coefficient (Wildman–Crippen LogP) is 3.46. The van der Waals surface area contributed by atoms with Crippen molar-refractivity contribution < 1.29 is 19.1 Å². The van der Waals surface area contributed by atoms with Gasteiger partial charge in [0.1, 0.15) is 11.9 Å². The molecule has 2 aromatic carbocycles.